The number of rotatable bonds is 6. The summed E-state index contributed by atoms with van der Waals surface area (Å²) in [5.41, 5.74) is -1.33. The third kappa shape index (κ3) is 5.43. The number of benzene rings is 2. The average molecular weight is 467 g/mol. The molecule has 0 fully saturated rings. The summed E-state index contributed by atoms with van der Waals surface area (Å²) in [4.78, 5) is 39.7. The van der Waals surface area contributed by atoms with Crippen molar-refractivity contribution in [3.05, 3.63) is 71.3 Å². The van der Waals surface area contributed by atoms with Gasteiger partial charge < -0.3 is 15.0 Å². The monoisotopic (exact) mass is 466 g/mol. The fourth-order valence-electron chi connectivity index (χ4n) is 2.81. The fourth-order valence-corrected chi connectivity index (χ4v) is 3.08. The number of nitrogens with one attached hydrogen (secondary N) is 2. The second kappa shape index (κ2) is 9.10. The third-order valence-corrected chi connectivity index (χ3v) is 4.53. The van der Waals surface area contributed by atoms with E-state index in [-0.39, 0.29) is 11.3 Å². The SMILES string of the molecule is O=C(O)Nc1cc(Cl)c(C(F)(F)F)cc1NC(=O)CC(=O)c1cccc(-n2ccnc2)c1. The summed E-state index contributed by atoms with van der Waals surface area (Å²) in [6.45, 7) is 0. The molecule has 1 heterocycles. The van der Waals surface area contributed by atoms with Gasteiger partial charge in [0, 0.05) is 23.6 Å². The number of ketones is 1. The van der Waals surface area contributed by atoms with Crippen LogP contribution in [0.25, 0.3) is 5.69 Å². The second-order valence-electron chi connectivity index (χ2n) is 6.47. The maximum absolute atomic E-state index is 13.2. The van der Waals surface area contributed by atoms with Crippen LogP contribution in [0, 0.1) is 0 Å². The molecular formula is C20H14ClF3N4O4. The van der Waals surface area contributed by atoms with E-state index in [1.165, 1.54) is 18.5 Å². The molecule has 8 nitrogen and oxygen atoms in total. The van der Waals surface area contributed by atoms with E-state index in [0.29, 0.717) is 11.8 Å². The molecule has 0 saturated carbocycles. The second-order valence-corrected chi connectivity index (χ2v) is 6.88. The van der Waals surface area contributed by atoms with Gasteiger partial charge in [0.05, 0.1) is 34.7 Å². The number of Topliss-reactive ketones (excluding diaryl/α,β-unsaturated/α-hetero) is 1. The smallest absolute Gasteiger partial charge is 0.417 e. The van der Waals surface area contributed by atoms with E-state index in [0.717, 1.165) is 6.07 Å². The maximum Gasteiger partial charge on any atom is 0.417 e. The minimum absolute atomic E-state index is 0.197. The number of carboxylic acid groups (broad SMARTS) is 1. The van der Waals surface area contributed by atoms with Crippen LogP contribution in [-0.2, 0) is 11.0 Å². The van der Waals surface area contributed by atoms with Crippen LogP contribution in [0.15, 0.2) is 55.1 Å². The summed E-state index contributed by atoms with van der Waals surface area (Å²) in [5, 5.41) is 12.1. The van der Waals surface area contributed by atoms with E-state index < -0.39 is 46.7 Å². The normalized spacial score (nSPS) is 11.1. The van der Waals surface area contributed by atoms with Crippen molar-refractivity contribution in [3.63, 3.8) is 0 Å². The number of anilines is 2. The lowest BCUT2D eigenvalue weighted by Gasteiger charge is -2.16. The van der Waals surface area contributed by atoms with E-state index >= 15 is 0 Å². The predicted octanol–water partition coefficient (Wildman–Crippen LogP) is 4.85. The summed E-state index contributed by atoms with van der Waals surface area (Å²) in [6.07, 6.45) is -2.39. The van der Waals surface area contributed by atoms with E-state index in [1.807, 2.05) is 5.32 Å². The predicted molar refractivity (Wildman–Crippen MR) is 109 cm³/mol. The van der Waals surface area contributed by atoms with Crippen LogP contribution < -0.4 is 10.6 Å². The highest BCUT2D eigenvalue weighted by Crippen LogP contribution is 2.39. The van der Waals surface area contributed by atoms with Gasteiger partial charge in [0.1, 0.15) is 0 Å². The van der Waals surface area contributed by atoms with Crippen molar-refractivity contribution in [3.8, 4) is 5.69 Å². The van der Waals surface area contributed by atoms with Gasteiger partial charge >= 0.3 is 12.3 Å². The molecule has 3 aromatic rings. The van der Waals surface area contributed by atoms with E-state index in [4.69, 9.17) is 16.7 Å². The first-order chi connectivity index (χ1) is 15.0. The first kappa shape index (κ1) is 22.8. The van der Waals surface area contributed by atoms with Crippen LogP contribution in [0.1, 0.15) is 22.3 Å². The van der Waals surface area contributed by atoms with Gasteiger partial charge in [-0.05, 0) is 24.3 Å². The Kier molecular flexibility index (Phi) is 6.49. The highest BCUT2D eigenvalue weighted by atomic mass is 35.5. The number of aromatic nitrogens is 2. The van der Waals surface area contributed by atoms with Crippen molar-refractivity contribution >= 4 is 40.8 Å². The fraction of sp³-hybridized carbons (Fsp3) is 0.100. The van der Waals surface area contributed by atoms with Crippen molar-refractivity contribution < 1.29 is 32.7 Å². The molecule has 0 aliphatic carbocycles. The van der Waals surface area contributed by atoms with Crippen LogP contribution in [0.5, 0.6) is 0 Å². The lowest BCUT2D eigenvalue weighted by molar-refractivity contribution is -0.137. The summed E-state index contributed by atoms with van der Waals surface area (Å²) < 4.78 is 41.1. The molecule has 0 bridgehead atoms. The number of nitrogens with zero attached hydrogens (tertiary/aromatic N) is 2. The number of imidazole rings is 1. The number of alkyl halides is 3. The van der Waals surface area contributed by atoms with Crippen LogP contribution in [0.4, 0.5) is 29.3 Å². The zero-order chi connectivity index (χ0) is 23.5. The zero-order valence-electron chi connectivity index (χ0n) is 16.0. The molecule has 2 aromatic carbocycles. The van der Waals surface area contributed by atoms with Crippen LogP contribution in [0.2, 0.25) is 5.02 Å². The largest absolute Gasteiger partial charge is 0.465 e. The molecule has 1 aromatic heterocycles. The minimum atomic E-state index is -4.85. The van der Waals surface area contributed by atoms with E-state index in [2.05, 4.69) is 10.3 Å². The third-order valence-electron chi connectivity index (χ3n) is 4.22. The van der Waals surface area contributed by atoms with Gasteiger partial charge in [-0.15, -0.1) is 0 Å². The van der Waals surface area contributed by atoms with E-state index in [9.17, 15) is 27.6 Å². The van der Waals surface area contributed by atoms with Crippen molar-refractivity contribution in [2.24, 2.45) is 0 Å². The number of amides is 2. The molecule has 0 atom stereocenters. The van der Waals surface area contributed by atoms with Gasteiger partial charge in [-0.2, -0.15) is 13.2 Å². The first-order valence-corrected chi connectivity index (χ1v) is 9.24. The van der Waals surface area contributed by atoms with Crippen LogP contribution in [0.3, 0.4) is 0 Å². The van der Waals surface area contributed by atoms with Gasteiger partial charge in [-0.3, -0.25) is 14.9 Å². The van der Waals surface area contributed by atoms with Crippen molar-refractivity contribution in [1.82, 2.24) is 9.55 Å². The molecule has 0 radical (unpaired) electrons. The Morgan fingerprint density at radius 3 is 2.44 bits per heavy atom. The summed E-state index contributed by atoms with van der Waals surface area (Å²) in [6, 6.07) is 7.55. The number of hydrogen-bond acceptors (Lipinski definition) is 4. The molecule has 3 rings (SSSR count). The lowest BCUT2D eigenvalue weighted by atomic mass is 10.1. The van der Waals surface area contributed by atoms with Gasteiger partial charge in [-0.1, -0.05) is 23.7 Å². The first-order valence-electron chi connectivity index (χ1n) is 8.86. The Bertz CT molecular complexity index is 1180. The highest BCUT2D eigenvalue weighted by Gasteiger charge is 2.34. The summed E-state index contributed by atoms with van der Waals surface area (Å²) in [7, 11) is 0. The molecule has 2 amide bonds. The standard InChI is InChI=1S/C20H14ClF3N4O4/c21-14-8-16(27-19(31)32)15(7-13(14)20(22,23)24)26-18(30)9-17(29)11-2-1-3-12(6-11)28-5-4-25-10-28/h1-8,10,27H,9H2,(H,26,30)(H,31,32). The quantitative estimate of drug-likeness (QED) is 0.355. The average Bonchev–Trinajstić information content (AvgIpc) is 3.23. The van der Waals surface area contributed by atoms with Gasteiger partial charge in [0.25, 0.3) is 0 Å². The van der Waals surface area contributed by atoms with Crippen LogP contribution >= 0.6 is 11.6 Å². The number of carbonyl (C=O) groups excluding carboxylic acids is 2. The Hall–Kier alpha value is -3.86. The molecule has 3 N–H and O–H groups in total. The van der Waals surface area contributed by atoms with Crippen LogP contribution in [-0.4, -0.2) is 32.4 Å². The maximum atomic E-state index is 13.2. The molecule has 0 saturated heterocycles. The number of hydrogen-bond donors (Lipinski definition) is 3. The number of carbonyl (C=O) groups is 3. The summed E-state index contributed by atoms with van der Waals surface area (Å²) in [5.74, 6) is -1.53. The Morgan fingerprint density at radius 1 is 1.09 bits per heavy atom. The van der Waals surface area contributed by atoms with Crippen molar-refractivity contribution in [2.45, 2.75) is 12.6 Å². The molecule has 0 aliphatic rings. The molecular weight excluding hydrogens is 453 g/mol. The van der Waals surface area contributed by atoms with Gasteiger partial charge in [-0.25, -0.2) is 9.78 Å². The van der Waals surface area contributed by atoms with Crippen molar-refractivity contribution in [2.75, 3.05) is 10.6 Å². The molecule has 32 heavy (non-hydrogen) atoms. The number of halogens is 4. The topological polar surface area (TPSA) is 113 Å². The van der Waals surface area contributed by atoms with E-state index in [1.54, 1.807) is 29.1 Å². The Balaban J connectivity index is 1.81. The molecule has 12 heteroatoms. The molecule has 0 spiro atoms. The molecule has 0 unspecified atom stereocenters. The van der Waals surface area contributed by atoms with Crippen molar-refractivity contribution in [1.29, 1.82) is 0 Å². The minimum Gasteiger partial charge on any atom is -0.465 e. The molecule has 0 aliphatic heterocycles. The Labute approximate surface area is 183 Å². The molecule has 166 valence electrons. The summed E-state index contributed by atoms with van der Waals surface area (Å²) >= 11 is 5.60. The van der Waals surface area contributed by atoms with Gasteiger partial charge in [0.2, 0.25) is 5.91 Å². The Morgan fingerprint density at radius 2 is 1.81 bits per heavy atom. The zero-order valence-corrected chi connectivity index (χ0v) is 16.7. The van der Waals surface area contributed by atoms with Gasteiger partial charge in [0.15, 0.2) is 5.78 Å². The highest BCUT2D eigenvalue weighted by molar-refractivity contribution is 6.32. The lowest BCUT2D eigenvalue weighted by Crippen LogP contribution is -2.19.